The number of hydrogen-bond donors (Lipinski definition) is 1. The molecule has 0 saturated heterocycles. The van der Waals surface area contributed by atoms with E-state index in [0.717, 1.165) is 28.2 Å². The third-order valence-electron chi connectivity index (χ3n) is 5.94. The number of hydrogen-bond acceptors (Lipinski definition) is 3. The minimum Gasteiger partial charge on any atom is -0.487 e. The molecular formula is C27H23ClF3NO4. The van der Waals surface area contributed by atoms with Crippen molar-refractivity contribution in [2.45, 2.75) is 38.1 Å². The second-order valence-corrected chi connectivity index (χ2v) is 9.55. The molecule has 0 bridgehead atoms. The average molecular weight is 518 g/mol. The van der Waals surface area contributed by atoms with Gasteiger partial charge in [-0.1, -0.05) is 35.9 Å². The standard InChI is InChI=1S/C27H23ClF3NO4/c1-26(13-17-4-3-7-22(28)11-17)14-20-12-19(8-9-23(20)36-26)25(35)32(16-24(33)34)15-18-5-2-6-21(10-18)27(29,30)31/h2-12H,13-16H2,1H3,(H,33,34). The highest BCUT2D eigenvalue weighted by molar-refractivity contribution is 6.30. The van der Waals surface area contributed by atoms with Gasteiger partial charge < -0.3 is 14.7 Å². The van der Waals surface area contributed by atoms with Crippen LogP contribution in [0, 0.1) is 0 Å². The second kappa shape index (κ2) is 9.85. The zero-order valence-corrected chi connectivity index (χ0v) is 20.1. The molecule has 1 heterocycles. The largest absolute Gasteiger partial charge is 0.487 e. The van der Waals surface area contributed by atoms with E-state index < -0.39 is 35.8 Å². The summed E-state index contributed by atoms with van der Waals surface area (Å²) >= 11 is 6.09. The Morgan fingerprint density at radius 1 is 1.06 bits per heavy atom. The lowest BCUT2D eigenvalue weighted by Gasteiger charge is -2.24. The van der Waals surface area contributed by atoms with Crippen LogP contribution in [0.25, 0.3) is 0 Å². The normalized spacial score (nSPS) is 16.8. The summed E-state index contributed by atoms with van der Waals surface area (Å²) in [6.07, 6.45) is -3.44. The van der Waals surface area contributed by atoms with Crippen molar-refractivity contribution < 1.29 is 32.6 Å². The van der Waals surface area contributed by atoms with E-state index in [9.17, 15) is 27.9 Å². The molecule has 0 radical (unpaired) electrons. The van der Waals surface area contributed by atoms with E-state index >= 15 is 0 Å². The van der Waals surface area contributed by atoms with Gasteiger partial charge in [-0.3, -0.25) is 9.59 Å². The summed E-state index contributed by atoms with van der Waals surface area (Å²) in [5, 5.41) is 9.95. The SMILES string of the molecule is CC1(Cc2cccc(Cl)c2)Cc2cc(C(=O)N(CC(=O)O)Cc3cccc(C(F)(F)F)c3)ccc2O1. The fourth-order valence-corrected chi connectivity index (χ4v) is 4.66. The Balaban J connectivity index is 1.54. The van der Waals surface area contributed by atoms with Crippen LogP contribution in [-0.4, -0.2) is 34.0 Å². The molecule has 0 spiro atoms. The van der Waals surface area contributed by atoms with E-state index in [-0.39, 0.29) is 17.7 Å². The fourth-order valence-electron chi connectivity index (χ4n) is 4.44. The molecule has 1 N–H and O–H groups in total. The molecular weight excluding hydrogens is 495 g/mol. The van der Waals surface area contributed by atoms with Gasteiger partial charge in [0.1, 0.15) is 17.9 Å². The number of carboxylic acids is 1. The van der Waals surface area contributed by atoms with E-state index in [2.05, 4.69) is 0 Å². The van der Waals surface area contributed by atoms with Crippen molar-refractivity contribution in [3.05, 3.63) is 99.6 Å². The third-order valence-corrected chi connectivity index (χ3v) is 6.17. The first-order chi connectivity index (χ1) is 16.9. The molecule has 36 heavy (non-hydrogen) atoms. The highest BCUT2D eigenvalue weighted by Gasteiger charge is 2.36. The molecule has 1 atom stereocenters. The monoisotopic (exact) mass is 517 g/mol. The van der Waals surface area contributed by atoms with Gasteiger partial charge in [0.25, 0.3) is 5.91 Å². The van der Waals surface area contributed by atoms with Crippen LogP contribution < -0.4 is 4.74 Å². The van der Waals surface area contributed by atoms with Gasteiger partial charge in [-0.05, 0) is 66.1 Å². The van der Waals surface area contributed by atoms with Crippen LogP contribution >= 0.6 is 11.6 Å². The molecule has 0 aromatic heterocycles. The lowest BCUT2D eigenvalue weighted by atomic mass is 9.91. The number of alkyl halides is 3. The Bertz CT molecular complexity index is 1310. The predicted molar refractivity (Wildman–Crippen MR) is 128 cm³/mol. The number of fused-ring (bicyclic) bond motifs is 1. The van der Waals surface area contributed by atoms with Crippen molar-refractivity contribution in [3.8, 4) is 5.75 Å². The second-order valence-electron chi connectivity index (χ2n) is 9.11. The Kier molecular flexibility index (Phi) is 7.00. The van der Waals surface area contributed by atoms with Crippen molar-refractivity contribution in [2.24, 2.45) is 0 Å². The van der Waals surface area contributed by atoms with Gasteiger partial charge in [-0.15, -0.1) is 0 Å². The van der Waals surface area contributed by atoms with Crippen LogP contribution in [0.1, 0.15) is 39.5 Å². The van der Waals surface area contributed by atoms with Crippen LogP contribution in [0.4, 0.5) is 13.2 Å². The first kappa shape index (κ1) is 25.6. The van der Waals surface area contributed by atoms with Crippen molar-refractivity contribution >= 4 is 23.5 Å². The molecule has 0 saturated carbocycles. The molecule has 188 valence electrons. The number of aliphatic carboxylic acids is 1. The Hall–Kier alpha value is -3.52. The number of amides is 1. The summed E-state index contributed by atoms with van der Waals surface area (Å²) in [5.74, 6) is -1.24. The molecule has 5 nitrogen and oxygen atoms in total. The summed E-state index contributed by atoms with van der Waals surface area (Å²) in [6, 6.07) is 16.8. The van der Waals surface area contributed by atoms with E-state index in [1.165, 1.54) is 18.2 Å². The average Bonchev–Trinajstić information content (AvgIpc) is 3.12. The Morgan fingerprint density at radius 2 is 1.78 bits per heavy atom. The van der Waals surface area contributed by atoms with Gasteiger partial charge in [-0.2, -0.15) is 13.2 Å². The van der Waals surface area contributed by atoms with Crippen LogP contribution in [0.3, 0.4) is 0 Å². The minimum absolute atomic E-state index is 0.179. The molecule has 1 aliphatic heterocycles. The highest BCUT2D eigenvalue weighted by atomic mass is 35.5. The van der Waals surface area contributed by atoms with Crippen LogP contribution in [0.2, 0.25) is 5.02 Å². The molecule has 1 unspecified atom stereocenters. The van der Waals surface area contributed by atoms with Gasteiger partial charge >= 0.3 is 12.1 Å². The first-order valence-electron chi connectivity index (χ1n) is 11.2. The Morgan fingerprint density at radius 3 is 2.47 bits per heavy atom. The van der Waals surface area contributed by atoms with Crippen LogP contribution in [0.15, 0.2) is 66.7 Å². The van der Waals surface area contributed by atoms with Crippen LogP contribution in [-0.2, 0) is 30.4 Å². The maximum absolute atomic E-state index is 13.2. The molecule has 1 amide bonds. The Labute approximate surface area is 211 Å². The first-order valence-corrected chi connectivity index (χ1v) is 11.5. The summed E-state index contributed by atoms with van der Waals surface area (Å²) in [5.41, 5.74) is 0.780. The molecule has 4 rings (SSSR count). The number of ether oxygens (including phenoxy) is 1. The lowest BCUT2D eigenvalue weighted by Crippen LogP contribution is -2.35. The van der Waals surface area contributed by atoms with Gasteiger partial charge in [-0.25, -0.2) is 0 Å². The van der Waals surface area contributed by atoms with Gasteiger partial charge in [0, 0.05) is 30.0 Å². The number of rotatable bonds is 7. The van der Waals surface area contributed by atoms with E-state index in [1.54, 1.807) is 18.2 Å². The lowest BCUT2D eigenvalue weighted by molar-refractivity contribution is -0.139. The molecule has 3 aromatic carbocycles. The van der Waals surface area contributed by atoms with Crippen LogP contribution in [0.5, 0.6) is 5.75 Å². The van der Waals surface area contributed by atoms with Crippen molar-refractivity contribution in [3.63, 3.8) is 0 Å². The van der Waals surface area contributed by atoms with E-state index in [0.29, 0.717) is 23.6 Å². The minimum atomic E-state index is -4.55. The maximum atomic E-state index is 13.2. The van der Waals surface area contributed by atoms with Crippen molar-refractivity contribution in [1.82, 2.24) is 4.90 Å². The number of halogens is 4. The van der Waals surface area contributed by atoms with Gasteiger partial charge in [0.2, 0.25) is 0 Å². The topological polar surface area (TPSA) is 66.8 Å². The zero-order valence-electron chi connectivity index (χ0n) is 19.3. The number of nitrogens with zero attached hydrogens (tertiary/aromatic N) is 1. The van der Waals surface area contributed by atoms with Gasteiger partial charge in [0.05, 0.1) is 5.56 Å². The molecule has 1 aliphatic rings. The van der Waals surface area contributed by atoms with Crippen molar-refractivity contribution in [1.29, 1.82) is 0 Å². The quantitative estimate of drug-likeness (QED) is 0.416. The molecule has 3 aromatic rings. The van der Waals surface area contributed by atoms with E-state index in [1.807, 2.05) is 25.1 Å². The molecule has 0 aliphatic carbocycles. The molecule has 0 fully saturated rings. The predicted octanol–water partition coefficient (Wildman–Crippen LogP) is 6.02. The van der Waals surface area contributed by atoms with E-state index in [4.69, 9.17) is 16.3 Å². The molecule has 9 heteroatoms. The zero-order chi connectivity index (χ0) is 26.1. The summed E-state index contributed by atoms with van der Waals surface area (Å²) in [7, 11) is 0. The number of carbonyl (C=O) groups is 2. The van der Waals surface area contributed by atoms with Gasteiger partial charge in [0.15, 0.2) is 0 Å². The smallest absolute Gasteiger partial charge is 0.416 e. The summed E-state index contributed by atoms with van der Waals surface area (Å²) < 4.78 is 45.4. The fraction of sp³-hybridized carbons (Fsp3) is 0.259. The summed E-state index contributed by atoms with van der Waals surface area (Å²) in [6.45, 7) is 1.02. The maximum Gasteiger partial charge on any atom is 0.416 e. The number of carboxylic acid groups (broad SMARTS) is 1. The summed E-state index contributed by atoms with van der Waals surface area (Å²) in [4.78, 5) is 25.7. The van der Waals surface area contributed by atoms with Crippen molar-refractivity contribution in [2.75, 3.05) is 6.54 Å². The third kappa shape index (κ3) is 5.99. The highest BCUT2D eigenvalue weighted by Crippen LogP contribution is 2.38. The number of carbonyl (C=O) groups excluding carboxylic acids is 1. The number of benzene rings is 3.